The van der Waals surface area contributed by atoms with Gasteiger partial charge >= 0.3 is 12.1 Å². The highest BCUT2D eigenvalue weighted by atomic mass is 35.5. The summed E-state index contributed by atoms with van der Waals surface area (Å²) in [5, 5.41) is 11.3. The second-order valence-corrected chi connectivity index (χ2v) is 5.64. The summed E-state index contributed by atoms with van der Waals surface area (Å²) >= 11 is 5.83. The van der Waals surface area contributed by atoms with Crippen molar-refractivity contribution in [3.8, 4) is 6.07 Å². The van der Waals surface area contributed by atoms with Crippen LogP contribution in [0.15, 0.2) is 36.4 Å². The Morgan fingerprint density at radius 2 is 1.93 bits per heavy atom. The van der Waals surface area contributed by atoms with Crippen molar-refractivity contribution in [2.45, 2.75) is 6.18 Å². The van der Waals surface area contributed by atoms with E-state index in [1.165, 1.54) is 18.2 Å². The molecular weight excluding hydrogens is 387 g/mol. The highest BCUT2D eigenvalue weighted by Gasteiger charge is 2.31. The highest BCUT2D eigenvalue weighted by molar-refractivity contribution is 6.32. The van der Waals surface area contributed by atoms with Gasteiger partial charge in [-0.3, -0.25) is 4.79 Å². The summed E-state index contributed by atoms with van der Waals surface area (Å²) < 4.78 is 42.5. The van der Waals surface area contributed by atoms with Gasteiger partial charge in [-0.25, -0.2) is 4.79 Å². The molecule has 0 atom stereocenters. The van der Waals surface area contributed by atoms with Crippen LogP contribution in [0, 0.1) is 11.3 Å². The number of amides is 1. The number of benzene rings is 2. The summed E-state index contributed by atoms with van der Waals surface area (Å²) in [5.74, 6) is -1.76. The Morgan fingerprint density at radius 3 is 2.48 bits per heavy atom. The number of hydrogen-bond donors (Lipinski definition) is 2. The Bertz CT molecular complexity index is 939. The van der Waals surface area contributed by atoms with Crippen molar-refractivity contribution in [1.29, 1.82) is 5.26 Å². The van der Waals surface area contributed by atoms with E-state index in [9.17, 15) is 22.8 Å². The Kier molecular flexibility index (Phi) is 5.92. The van der Waals surface area contributed by atoms with Crippen molar-refractivity contribution in [2.24, 2.45) is 0 Å². The van der Waals surface area contributed by atoms with Crippen molar-refractivity contribution in [2.75, 3.05) is 17.7 Å². The zero-order chi connectivity index (χ0) is 20.2. The molecule has 0 heterocycles. The molecule has 0 saturated carbocycles. The number of carbonyl (C=O) groups excluding carboxylic acids is 2. The zero-order valence-electron chi connectivity index (χ0n) is 13.4. The summed E-state index contributed by atoms with van der Waals surface area (Å²) in [5.41, 5.74) is 4.22. The molecule has 1 amide bonds. The minimum absolute atomic E-state index is 0.129. The van der Waals surface area contributed by atoms with E-state index < -0.39 is 35.9 Å². The van der Waals surface area contributed by atoms with Gasteiger partial charge in [0.2, 0.25) is 0 Å². The van der Waals surface area contributed by atoms with Crippen molar-refractivity contribution >= 4 is 34.9 Å². The van der Waals surface area contributed by atoms with Gasteiger partial charge in [0.1, 0.15) is 6.07 Å². The number of nitrogens with two attached hydrogens (primary N) is 1. The quantitative estimate of drug-likeness (QED) is 0.605. The molecule has 0 saturated heterocycles. The van der Waals surface area contributed by atoms with E-state index in [-0.39, 0.29) is 21.8 Å². The van der Waals surface area contributed by atoms with Gasteiger partial charge in [-0.05, 0) is 36.4 Å². The van der Waals surface area contributed by atoms with Crippen LogP contribution in [0.2, 0.25) is 5.02 Å². The lowest BCUT2D eigenvalue weighted by Crippen LogP contribution is -2.21. The number of esters is 1. The fourth-order valence-corrected chi connectivity index (χ4v) is 2.24. The zero-order valence-corrected chi connectivity index (χ0v) is 14.2. The summed E-state index contributed by atoms with van der Waals surface area (Å²) in [6, 6.07) is 8.19. The lowest BCUT2D eigenvalue weighted by atomic mass is 10.1. The van der Waals surface area contributed by atoms with Gasteiger partial charge in [0.05, 0.1) is 21.7 Å². The van der Waals surface area contributed by atoms with Crippen molar-refractivity contribution in [3.63, 3.8) is 0 Å². The van der Waals surface area contributed by atoms with Crippen LogP contribution in [0.5, 0.6) is 0 Å². The van der Waals surface area contributed by atoms with Gasteiger partial charge in [-0.15, -0.1) is 0 Å². The molecule has 27 heavy (non-hydrogen) atoms. The molecule has 0 radical (unpaired) electrons. The van der Waals surface area contributed by atoms with E-state index in [4.69, 9.17) is 27.3 Å². The molecule has 0 aliphatic heterocycles. The molecule has 6 nitrogen and oxygen atoms in total. The van der Waals surface area contributed by atoms with E-state index in [1.807, 2.05) is 6.07 Å². The van der Waals surface area contributed by atoms with E-state index in [0.717, 1.165) is 6.07 Å². The van der Waals surface area contributed by atoms with Gasteiger partial charge in [-0.1, -0.05) is 11.6 Å². The largest absolute Gasteiger partial charge is 0.452 e. The number of carbonyl (C=O) groups is 2. The molecule has 0 unspecified atom stereocenters. The molecule has 2 aromatic rings. The number of halogens is 4. The Balaban J connectivity index is 1.98. The summed E-state index contributed by atoms with van der Waals surface area (Å²) in [7, 11) is 0. The van der Waals surface area contributed by atoms with Crippen LogP contribution in [0.3, 0.4) is 0 Å². The molecule has 0 aliphatic carbocycles. The molecule has 2 rings (SSSR count). The number of rotatable bonds is 4. The molecule has 0 spiro atoms. The van der Waals surface area contributed by atoms with Crippen molar-refractivity contribution in [3.05, 3.63) is 58.1 Å². The molecule has 3 N–H and O–H groups in total. The lowest BCUT2D eigenvalue weighted by Gasteiger charge is -2.11. The van der Waals surface area contributed by atoms with Gasteiger partial charge in [0, 0.05) is 11.4 Å². The number of hydrogen-bond acceptors (Lipinski definition) is 5. The SMILES string of the molecule is N#Cc1ccc(NC(=O)COC(=O)c2ccc(C(F)(F)F)cc2N)cc1Cl. The third-order valence-electron chi connectivity index (χ3n) is 3.31. The second kappa shape index (κ2) is 7.97. The minimum Gasteiger partial charge on any atom is -0.452 e. The van der Waals surface area contributed by atoms with Gasteiger partial charge in [0.25, 0.3) is 5.91 Å². The van der Waals surface area contributed by atoms with Crippen LogP contribution >= 0.6 is 11.6 Å². The minimum atomic E-state index is -4.60. The Morgan fingerprint density at radius 1 is 1.22 bits per heavy atom. The van der Waals surface area contributed by atoms with Crippen LogP contribution in [0.25, 0.3) is 0 Å². The Hall–Kier alpha value is -3.25. The summed E-state index contributed by atoms with van der Waals surface area (Å²) in [6.45, 7) is -0.698. The first-order valence-corrected chi connectivity index (χ1v) is 7.63. The maximum Gasteiger partial charge on any atom is 0.416 e. The van der Waals surface area contributed by atoms with E-state index >= 15 is 0 Å². The molecule has 10 heteroatoms. The first kappa shape index (κ1) is 20.1. The lowest BCUT2D eigenvalue weighted by molar-refractivity contribution is -0.137. The fourth-order valence-electron chi connectivity index (χ4n) is 2.01. The van der Waals surface area contributed by atoms with Crippen molar-refractivity contribution in [1.82, 2.24) is 0 Å². The molecule has 2 aromatic carbocycles. The third-order valence-corrected chi connectivity index (χ3v) is 3.62. The second-order valence-electron chi connectivity index (χ2n) is 5.23. The first-order chi connectivity index (χ1) is 12.6. The van der Waals surface area contributed by atoms with Gasteiger partial charge in [-0.2, -0.15) is 18.4 Å². The number of ether oxygens (including phenoxy) is 1. The molecule has 0 aliphatic rings. The van der Waals surface area contributed by atoms with Crippen LogP contribution < -0.4 is 11.1 Å². The highest BCUT2D eigenvalue weighted by Crippen LogP contribution is 2.31. The molecule has 140 valence electrons. The Labute approximate surface area is 156 Å². The first-order valence-electron chi connectivity index (χ1n) is 7.25. The maximum absolute atomic E-state index is 12.6. The molecular formula is C17H11ClF3N3O3. The summed E-state index contributed by atoms with van der Waals surface area (Å²) in [6.07, 6.45) is -4.60. The van der Waals surface area contributed by atoms with Crippen LogP contribution in [-0.4, -0.2) is 18.5 Å². The smallest absolute Gasteiger partial charge is 0.416 e. The number of nitrogen functional groups attached to an aromatic ring is 1. The number of anilines is 2. The predicted molar refractivity (Wildman–Crippen MR) is 90.9 cm³/mol. The summed E-state index contributed by atoms with van der Waals surface area (Å²) in [4.78, 5) is 23.7. The topological polar surface area (TPSA) is 105 Å². The molecule has 0 bridgehead atoms. The van der Waals surface area contributed by atoms with Gasteiger partial charge in [0.15, 0.2) is 6.61 Å². The fraction of sp³-hybridized carbons (Fsp3) is 0.118. The van der Waals surface area contributed by atoms with E-state index in [0.29, 0.717) is 12.1 Å². The number of nitrogens with one attached hydrogen (secondary N) is 1. The van der Waals surface area contributed by atoms with Crippen LogP contribution in [0.4, 0.5) is 24.5 Å². The average Bonchev–Trinajstić information content (AvgIpc) is 2.59. The monoisotopic (exact) mass is 397 g/mol. The van der Waals surface area contributed by atoms with Crippen molar-refractivity contribution < 1.29 is 27.5 Å². The van der Waals surface area contributed by atoms with E-state index in [2.05, 4.69) is 5.32 Å². The predicted octanol–water partition coefficient (Wildman–Crippen LogP) is 3.61. The molecule has 0 aromatic heterocycles. The van der Waals surface area contributed by atoms with Gasteiger partial charge < -0.3 is 15.8 Å². The number of alkyl halides is 3. The standard InChI is InChI=1S/C17H11ClF3N3O3/c18-13-6-11(3-1-9(13)7-22)24-15(25)8-27-16(26)12-4-2-10(5-14(12)23)17(19,20)21/h1-6H,8,23H2,(H,24,25). The third kappa shape index (κ3) is 5.12. The van der Waals surface area contributed by atoms with Crippen LogP contribution in [-0.2, 0) is 15.7 Å². The maximum atomic E-state index is 12.6. The normalized spacial score (nSPS) is 10.8. The van der Waals surface area contributed by atoms with E-state index in [1.54, 1.807) is 0 Å². The average molecular weight is 398 g/mol. The number of nitrogens with zero attached hydrogens (tertiary/aromatic N) is 1. The molecule has 0 fully saturated rings. The number of nitriles is 1. The van der Waals surface area contributed by atoms with Crippen LogP contribution in [0.1, 0.15) is 21.5 Å².